The smallest absolute Gasteiger partial charge is 0.462 e. The lowest BCUT2D eigenvalue weighted by Gasteiger charge is -2.24. The lowest BCUT2D eigenvalue weighted by atomic mass is 10.0. The molecule has 0 aromatic rings. The molecule has 302 valence electrons. The standard InChI is InChI=1S/C42H76NO8P/c1-6-8-10-12-14-16-18-20-21-23-25-27-29-31-33-35-42(45)51-40(39-50-52(46,47)49-37-36-43(3,4)5)38-48-41(44)34-32-30-28-26-24-22-19-17-15-13-11-9-7-2/h8,10,12,14,16,18,20-21,40H,6-7,9,11,13,15,17,19,22-39H2,1-5H3/p+1/b10-8-,14-12-,18-16-,21-20-/t40-/m1/s1. The molecule has 0 aromatic carbocycles. The van der Waals surface area contributed by atoms with Gasteiger partial charge in [-0.3, -0.25) is 18.6 Å². The van der Waals surface area contributed by atoms with E-state index in [1.807, 2.05) is 51.5 Å². The maximum absolute atomic E-state index is 12.6. The molecule has 10 heteroatoms. The molecule has 2 atom stereocenters. The lowest BCUT2D eigenvalue weighted by molar-refractivity contribution is -0.870. The van der Waals surface area contributed by atoms with Crippen molar-refractivity contribution in [2.45, 2.75) is 161 Å². The number of nitrogens with zero attached hydrogens (tertiary/aromatic N) is 1. The van der Waals surface area contributed by atoms with Crippen LogP contribution in [0.25, 0.3) is 0 Å². The van der Waals surface area contributed by atoms with Crippen LogP contribution in [0.3, 0.4) is 0 Å². The van der Waals surface area contributed by atoms with Gasteiger partial charge < -0.3 is 18.9 Å². The number of phosphoric ester groups is 1. The maximum Gasteiger partial charge on any atom is 0.472 e. The summed E-state index contributed by atoms with van der Waals surface area (Å²) in [6, 6.07) is 0. The Kier molecular flexibility index (Phi) is 33.4. The van der Waals surface area contributed by atoms with E-state index < -0.39 is 26.5 Å². The van der Waals surface area contributed by atoms with Crippen molar-refractivity contribution in [2.24, 2.45) is 0 Å². The molecule has 0 saturated carbocycles. The minimum Gasteiger partial charge on any atom is -0.462 e. The first-order valence-corrected chi connectivity index (χ1v) is 21.9. The fraction of sp³-hybridized carbons (Fsp3) is 0.762. The van der Waals surface area contributed by atoms with Gasteiger partial charge in [-0.1, -0.05) is 159 Å². The fourth-order valence-electron chi connectivity index (χ4n) is 5.26. The van der Waals surface area contributed by atoms with Crippen LogP contribution in [0.5, 0.6) is 0 Å². The first-order chi connectivity index (χ1) is 25.0. The highest BCUT2D eigenvalue weighted by atomic mass is 31.2. The molecule has 1 N–H and O–H groups in total. The van der Waals surface area contributed by atoms with Crippen LogP contribution in [-0.2, 0) is 32.7 Å². The quantitative estimate of drug-likeness (QED) is 0.0221. The number of rotatable bonds is 36. The largest absolute Gasteiger partial charge is 0.472 e. The molecule has 0 bridgehead atoms. The molecular weight excluding hydrogens is 677 g/mol. The third kappa shape index (κ3) is 37.7. The summed E-state index contributed by atoms with van der Waals surface area (Å²) in [7, 11) is 1.45. The van der Waals surface area contributed by atoms with E-state index in [0.29, 0.717) is 17.4 Å². The molecule has 0 heterocycles. The summed E-state index contributed by atoms with van der Waals surface area (Å²) in [4.78, 5) is 35.2. The van der Waals surface area contributed by atoms with Gasteiger partial charge in [0.15, 0.2) is 6.10 Å². The number of phosphoric acid groups is 1. The normalized spacial score (nSPS) is 14.2. The molecule has 0 aliphatic rings. The second-order valence-electron chi connectivity index (χ2n) is 14.7. The highest BCUT2D eigenvalue weighted by Gasteiger charge is 2.27. The number of carbonyl (C=O) groups excluding carboxylic acids is 2. The molecule has 0 radical (unpaired) electrons. The lowest BCUT2D eigenvalue weighted by Crippen LogP contribution is -2.37. The van der Waals surface area contributed by atoms with Crippen molar-refractivity contribution in [3.8, 4) is 0 Å². The van der Waals surface area contributed by atoms with Crippen LogP contribution < -0.4 is 0 Å². The Morgan fingerprint density at radius 1 is 0.615 bits per heavy atom. The molecule has 0 aliphatic heterocycles. The number of hydrogen-bond donors (Lipinski definition) is 1. The zero-order valence-electron chi connectivity index (χ0n) is 33.8. The molecule has 9 nitrogen and oxygen atoms in total. The van der Waals surface area contributed by atoms with Crippen molar-refractivity contribution in [1.29, 1.82) is 0 Å². The van der Waals surface area contributed by atoms with Crippen LogP contribution >= 0.6 is 7.82 Å². The third-order valence-corrected chi connectivity index (χ3v) is 9.45. The summed E-state index contributed by atoms with van der Waals surface area (Å²) >= 11 is 0. The monoisotopic (exact) mass is 755 g/mol. The maximum atomic E-state index is 12.6. The summed E-state index contributed by atoms with van der Waals surface area (Å²) in [5.74, 6) is -0.827. The Hall–Kier alpha value is -2.03. The van der Waals surface area contributed by atoms with Crippen molar-refractivity contribution in [3.05, 3.63) is 48.6 Å². The molecular formula is C42H77NO8P+. The molecule has 0 amide bonds. The zero-order chi connectivity index (χ0) is 38.6. The molecule has 0 saturated heterocycles. The van der Waals surface area contributed by atoms with Gasteiger partial charge in [-0.05, 0) is 32.1 Å². The van der Waals surface area contributed by atoms with Crippen LogP contribution in [0.4, 0.5) is 0 Å². The van der Waals surface area contributed by atoms with Gasteiger partial charge in [0.2, 0.25) is 0 Å². The second-order valence-corrected chi connectivity index (χ2v) is 16.2. The van der Waals surface area contributed by atoms with E-state index >= 15 is 0 Å². The van der Waals surface area contributed by atoms with E-state index in [1.165, 1.54) is 64.2 Å². The van der Waals surface area contributed by atoms with Gasteiger partial charge in [0.25, 0.3) is 0 Å². The summed E-state index contributed by atoms with van der Waals surface area (Å²) in [6.45, 7) is 4.24. The van der Waals surface area contributed by atoms with Crippen LogP contribution in [0.15, 0.2) is 48.6 Å². The predicted molar refractivity (Wildman–Crippen MR) is 215 cm³/mol. The highest BCUT2D eigenvalue weighted by molar-refractivity contribution is 7.47. The van der Waals surface area contributed by atoms with Gasteiger partial charge >= 0.3 is 19.8 Å². The first-order valence-electron chi connectivity index (χ1n) is 20.4. The number of carbonyl (C=O) groups is 2. The third-order valence-electron chi connectivity index (χ3n) is 8.47. The van der Waals surface area contributed by atoms with Gasteiger partial charge in [-0.15, -0.1) is 0 Å². The highest BCUT2D eigenvalue weighted by Crippen LogP contribution is 2.43. The minimum atomic E-state index is -4.38. The van der Waals surface area contributed by atoms with Gasteiger partial charge in [0.05, 0.1) is 27.7 Å². The molecule has 52 heavy (non-hydrogen) atoms. The van der Waals surface area contributed by atoms with E-state index in [9.17, 15) is 19.0 Å². The summed E-state index contributed by atoms with van der Waals surface area (Å²) in [6.07, 6.45) is 38.7. The Balaban J connectivity index is 4.45. The van der Waals surface area contributed by atoms with Gasteiger partial charge in [-0.2, -0.15) is 0 Å². The number of esters is 2. The van der Waals surface area contributed by atoms with Gasteiger partial charge in [-0.25, -0.2) is 4.57 Å². The average molecular weight is 755 g/mol. The van der Waals surface area contributed by atoms with E-state index in [-0.39, 0.29) is 32.0 Å². The van der Waals surface area contributed by atoms with E-state index in [4.69, 9.17) is 18.5 Å². The number of ether oxygens (including phenoxy) is 2. The molecule has 0 fully saturated rings. The minimum absolute atomic E-state index is 0.0258. The fourth-order valence-corrected chi connectivity index (χ4v) is 6.00. The molecule has 0 spiro atoms. The summed E-state index contributed by atoms with van der Waals surface area (Å²) < 4.78 is 34.2. The van der Waals surface area contributed by atoms with Gasteiger partial charge in [0, 0.05) is 12.8 Å². The summed E-state index contributed by atoms with van der Waals surface area (Å²) in [5, 5.41) is 0. The van der Waals surface area contributed by atoms with Crippen molar-refractivity contribution in [2.75, 3.05) is 47.5 Å². The van der Waals surface area contributed by atoms with Crippen LogP contribution in [0.1, 0.15) is 155 Å². The summed E-state index contributed by atoms with van der Waals surface area (Å²) in [5.41, 5.74) is 0. The number of likely N-dealkylation sites (N-methyl/N-ethyl adjacent to an activating group) is 1. The number of quaternary nitrogens is 1. The average Bonchev–Trinajstić information content (AvgIpc) is 3.09. The molecule has 0 rings (SSSR count). The number of hydrogen-bond acceptors (Lipinski definition) is 7. The number of unbranched alkanes of at least 4 members (excludes halogenated alkanes) is 17. The van der Waals surface area contributed by atoms with Crippen molar-refractivity contribution < 1.29 is 42.1 Å². The molecule has 0 aliphatic carbocycles. The SMILES string of the molecule is CC\C=C/C=C\C=C/C=C\CCCCCCCC(=O)O[C@H](COC(=O)CCCCCCCCCCCCCCC)COP(=O)(O)OCC[N+](C)(C)C. The van der Waals surface area contributed by atoms with Crippen molar-refractivity contribution in [3.63, 3.8) is 0 Å². The van der Waals surface area contributed by atoms with E-state index in [1.54, 1.807) is 0 Å². The molecule has 0 aromatic heterocycles. The van der Waals surface area contributed by atoms with Crippen molar-refractivity contribution >= 4 is 19.8 Å². The van der Waals surface area contributed by atoms with E-state index in [0.717, 1.165) is 57.8 Å². The van der Waals surface area contributed by atoms with E-state index in [2.05, 4.69) is 32.1 Å². The van der Waals surface area contributed by atoms with Crippen LogP contribution in [0.2, 0.25) is 0 Å². The number of allylic oxidation sites excluding steroid dienone is 8. The predicted octanol–water partition coefficient (Wildman–Crippen LogP) is 11.1. The Bertz CT molecular complexity index is 1030. The first kappa shape index (κ1) is 50.0. The van der Waals surface area contributed by atoms with Gasteiger partial charge in [0.1, 0.15) is 19.8 Å². The second kappa shape index (κ2) is 34.7. The topological polar surface area (TPSA) is 108 Å². The Morgan fingerprint density at radius 2 is 1.10 bits per heavy atom. The van der Waals surface area contributed by atoms with Crippen LogP contribution in [0, 0.1) is 0 Å². The molecule has 1 unspecified atom stereocenters. The van der Waals surface area contributed by atoms with Crippen LogP contribution in [-0.4, -0.2) is 74.9 Å². The Morgan fingerprint density at radius 3 is 1.63 bits per heavy atom. The van der Waals surface area contributed by atoms with Crippen molar-refractivity contribution in [1.82, 2.24) is 0 Å². The Labute approximate surface area is 318 Å². The zero-order valence-corrected chi connectivity index (χ0v) is 34.7.